The van der Waals surface area contributed by atoms with E-state index in [-0.39, 0.29) is 6.09 Å². The van der Waals surface area contributed by atoms with Gasteiger partial charge in [0.15, 0.2) is 6.10 Å². The van der Waals surface area contributed by atoms with Crippen LogP contribution in [0.5, 0.6) is 5.75 Å². The third-order valence-corrected chi connectivity index (χ3v) is 6.54. The van der Waals surface area contributed by atoms with Gasteiger partial charge >= 0.3 is 12.1 Å². The first kappa shape index (κ1) is 27.5. The van der Waals surface area contributed by atoms with Gasteiger partial charge < -0.3 is 24.2 Å². The van der Waals surface area contributed by atoms with Gasteiger partial charge in [0.2, 0.25) is 0 Å². The van der Waals surface area contributed by atoms with Gasteiger partial charge in [-0.2, -0.15) is 0 Å². The Hall–Kier alpha value is -3.06. The number of benzene rings is 2. The minimum Gasteiger partial charge on any atom is -0.492 e. The van der Waals surface area contributed by atoms with Crippen molar-refractivity contribution in [1.82, 2.24) is 4.90 Å². The van der Waals surface area contributed by atoms with Gasteiger partial charge in [0.05, 0.1) is 13.2 Å². The van der Waals surface area contributed by atoms with Crippen LogP contribution in [0, 0.1) is 5.92 Å². The molecule has 1 unspecified atom stereocenters. The van der Waals surface area contributed by atoms with Crippen LogP contribution in [-0.4, -0.2) is 61.1 Å². The van der Waals surface area contributed by atoms with Gasteiger partial charge in [0.25, 0.3) is 0 Å². The van der Waals surface area contributed by atoms with Gasteiger partial charge in [-0.1, -0.05) is 61.7 Å². The Morgan fingerprint density at radius 1 is 0.972 bits per heavy atom. The van der Waals surface area contributed by atoms with Crippen LogP contribution in [0.1, 0.15) is 50.2 Å². The zero-order valence-corrected chi connectivity index (χ0v) is 21.3. The van der Waals surface area contributed by atoms with E-state index in [1.54, 1.807) is 11.8 Å². The van der Waals surface area contributed by atoms with Gasteiger partial charge in [-0.3, -0.25) is 0 Å². The van der Waals surface area contributed by atoms with Crippen molar-refractivity contribution in [3.8, 4) is 5.75 Å². The first-order valence-electron chi connectivity index (χ1n) is 13.1. The lowest BCUT2D eigenvalue weighted by atomic mass is 9.89. The predicted molar refractivity (Wildman–Crippen MR) is 138 cm³/mol. The van der Waals surface area contributed by atoms with E-state index in [1.165, 1.54) is 19.3 Å². The van der Waals surface area contributed by atoms with Crippen LogP contribution in [0.25, 0.3) is 0 Å². The highest BCUT2D eigenvalue weighted by atomic mass is 16.6. The molecule has 1 aliphatic rings. The largest absolute Gasteiger partial charge is 0.492 e. The SMILES string of the molecule is CCOC(Cc1ccc(OCCN(CC2CCCCC2)C(=O)OCCc2ccccc2)cc1)C(=O)O. The second kappa shape index (κ2) is 15.1. The van der Waals surface area contributed by atoms with E-state index in [4.69, 9.17) is 14.2 Å². The lowest BCUT2D eigenvalue weighted by Crippen LogP contribution is -2.39. The summed E-state index contributed by atoms with van der Waals surface area (Å²) in [6, 6.07) is 17.4. The van der Waals surface area contributed by atoms with E-state index in [0.717, 1.165) is 24.0 Å². The topological polar surface area (TPSA) is 85.3 Å². The van der Waals surface area contributed by atoms with Crippen molar-refractivity contribution >= 4 is 12.1 Å². The highest BCUT2D eigenvalue weighted by molar-refractivity contribution is 5.72. The molecule has 0 radical (unpaired) electrons. The van der Waals surface area contributed by atoms with Crippen molar-refractivity contribution in [2.24, 2.45) is 5.92 Å². The van der Waals surface area contributed by atoms with Crippen molar-refractivity contribution in [2.75, 3.05) is 32.9 Å². The van der Waals surface area contributed by atoms with Gasteiger partial charge in [0, 0.05) is 26.0 Å². The monoisotopic (exact) mass is 497 g/mol. The molecule has 0 aliphatic heterocycles. The molecule has 3 rings (SSSR count). The molecule has 0 spiro atoms. The molecule has 7 heteroatoms. The number of hydrogen-bond acceptors (Lipinski definition) is 5. The Kier molecular flexibility index (Phi) is 11.6. The molecule has 196 valence electrons. The summed E-state index contributed by atoms with van der Waals surface area (Å²) < 4.78 is 16.8. The number of nitrogens with zero attached hydrogens (tertiary/aromatic N) is 1. The lowest BCUT2D eigenvalue weighted by molar-refractivity contribution is -0.149. The van der Waals surface area contributed by atoms with E-state index < -0.39 is 12.1 Å². The van der Waals surface area contributed by atoms with E-state index in [0.29, 0.717) is 57.4 Å². The van der Waals surface area contributed by atoms with Crippen molar-refractivity contribution in [3.05, 3.63) is 65.7 Å². The van der Waals surface area contributed by atoms with Crippen LogP contribution in [0.4, 0.5) is 4.79 Å². The van der Waals surface area contributed by atoms with Crippen LogP contribution in [0.15, 0.2) is 54.6 Å². The van der Waals surface area contributed by atoms with E-state index in [2.05, 4.69) is 0 Å². The molecule has 2 aromatic rings. The third-order valence-electron chi connectivity index (χ3n) is 6.54. The molecule has 0 aromatic heterocycles. The fraction of sp³-hybridized carbons (Fsp3) is 0.517. The van der Waals surface area contributed by atoms with Gasteiger partial charge in [0.1, 0.15) is 12.4 Å². The Balaban J connectivity index is 1.49. The molecule has 1 aliphatic carbocycles. The van der Waals surface area contributed by atoms with Crippen molar-refractivity contribution in [1.29, 1.82) is 0 Å². The van der Waals surface area contributed by atoms with E-state index in [1.807, 2.05) is 54.6 Å². The molecule has 36 heavy (non-hydrogen) atoms. The number of carboxylic acids is 1. The standard InChI is InChI=1S/C29H39NO6/c1-2-34-27(28(31)32)21-24-13-15-26(16-14-24)35-20-18-30(22-25-11-7-4-8-12-25)29(33)36-19-17-23-9-5-3-6-10-23/h3,5-6,9-10,13-16,25,27H,2,4,7-8,11-12,17-22H2,1H3,(H,31,32). The Bertz CT molecular complexity index is 911. The number of carbonyl (C=O) groups excluding carboxylic acids is 1. The van der Waals surface area contributed by atoms with E-state index in [9.17, 15) is 14.7 Å². The molecule has 0 saturated heterocycles. The summed E-state index contributed by atoms with van der Waals surface area (Å²) in [5, 5.41) is 9.27. The summed E-state index contributed by atoms with van der Waals surface area (Å²) >= 11 is 0. The summed E-state index contributed by atoms with van der Waals surface area (Å²) in [4.78, 5) is 26.0. The molecule has 1 N–H and O–H groups in total. The van der Waals surface area contributed by atoms with Crippen LogP contribution in [0.2, 0.25) is 0 Å². The smallest absolute Gasteiger partial charge is 0.409 e. The zero-order valence-electron chi connectivity index (χ0n) is 21.3. The molecule has 1 atom stereocenters. The van der Waals surface area contributed by atoms with Crippen molar-refractivity contribution < 1.29 is 28.9 Å². The van der Waals surface area contributed by atoms with Crippen molar-refractivity contribution in [2.45, 2.75) is 58.0 Å². The first-order valence-corrected chi connectivity index (χ1v) is 13.1. The highest BCUT2D eigenvalue weighted by Gasteiger charge is 2.22. The molecule has 2 aromatic carbocycles. The van der Waals surface area contributed by atoms with Crippen LogP contribution >= 0.6 is 0 Å². The van der Waals surface area contributed by atoms with Crippen LogP contribution in [-0.2, 0) is 27.1 Å². The van der Waals surface area contributed by atoms with Crippen LogP contribution < -0.4 is 4.74 Å². The molecular weight excluding hydrogens is 458 g/mol. The average molecular weight is 498 g/mol. The highest BCUT2D eigenvalue weighted by Crippen LogP contribution is 2.24. The molecule has 0 bridgehead atoms. The number of rotatable bonds is 14. The number of ether oxygens (including phenoxy) is 3. The van der Waals surface area contributed by atoms with Gasteiger partial charge in [-0.15, -0.1) is 0 Å². The molecule has 0 heterocycles. The number of amides is 1. The van der Waals surface area contributed by atoms with Gasteiger partial charge in [-0.05, 0) is 48.9 Å². The molecule has 7 nitrogen and oxygen atoms in total. The zero-order chi connectivity index (χ0) is 25.6. The summed E-state index contributed by atoms with van der Waals surface area (Å²) in [7, 11) is 0. The maximum absolute atomic E-state index is 12.9. The average Bonchev–Trinajstić information content (AvgIpc) is 2.90. The lowest BCUT2D eigenvalue weighted by Gasteiger charge is -2.29. The fourth-order valence-electron chi connectivity index (χ4n) is 4.56. The molecule has 1 fully saturated rings. The van der Waals surface area contributed by atoms with E-state index >= 15 is 0 Å². The minimum absolute atomic E-state index is 0.286. The number of carbonyl (C=O) groups is 2. The molecule has 1 amide bonds. The number of carboxylic acid groups (broad SMARTS) is 1. The second-order valence-corrected chi connectivity index (χ2v) is 9.28. The molecular formula is C29H39NO6. The second-order valence-electron chi connectivity index (χ2n) is 9.28. The minimum atomic E-state index is -0.967. The number of hydrogen-bond donors (Lipinski definition) is 1. The maximum Gasteiger partial charge on any atom is 0.409 e. The third kappa shape index (κ3) is 9.53. The normalized spacial score (nSPS) is 14.7. The van der Waals surface area contributed by atoms with Gasteiger partial charge in [-0.25, -0.2) is 9.59 Å². The summed E-state index contributed by atoms with van der Waals surface area (Å²) in [5.74, 6) is 0.218. The Labute approximate surface area is 214 Å². The molecule has 1 saturated carbocycles. The van der Waals surface area contributed by atoms with Crippen LogP contribution in [0.3, 0.4) is 0 Å². The predicted octanol–water partition coefficient (Wildman–Crippen LogP) is 5.36. The Morgan fingerprint density at radius 3 is 2.36 bits per heavy atom. The quantitative estimate of drug-likeness (QED) is 0.378. The summed E-state index contributed by atoms with van der Waals surface area (Å²) in [6.45, 7) is 3.99. The number of aliphatic carboxylic acids is 1. The maximum atomic E-state index is 12.9. The van der Waals surface area contributed by atoms with Crippen molar-refractivity contribution in [3.63, 3.8) is 0 Å². The summed E-state index contributed by atoms with van der Waals surface area (Å²) in [6.07, 6.45) is 5.85. The first-order chi connectivity index (χ1) is 17.5. The summed E-state index contributed by atoms with van der Waals surface area (Å²) in [5.41, 5.74) is 2.01. The Morgan fingerprint density at radius 2 is 1.69 bits per heavy atom. The fourth-order valence-corrected chi connectivity index (χ4v) is 4.56.